The molecule has 1 aromatic heterocycles. The van der Waals surface area contributed by atoms with Crippen molar-refractivity contribution >= 4 is 29.7 Å². The third-order valence-electron chi connectivity index (χ3n) is 4.68. The molecule has 0 unspecified atom stereocenters. The molecule has 0 bridgehead atoms. The number of carbonyl (C=O) groups excluding carboxylic acids is 2. The number of amides is 2. The molecule has 3 N–H and O–H groups in total. The average molecular weight is 418 g/mol. The van der Waals surface area contributed by atoms with Crippen LogP contribution < -0.4 is 10.7 Å². The first-order valence-electron chi connectivity index (χ1n) is 9.50. The van der Waals surface area contributed by atoms with E-state index in [4.69, 9.17) is 5.11 Å². The van der Waals surface area contributed by atoms with E-state index in [0.717, 1.165) is 22.6 Å². The lowest BCUT2D eigenvalue weighted by molar-refractivity contribution is -0.114. The fourth-order valence-electron chi connectivity index (χ4n) is 3.20. The first kappa shape index (κ1) is 21.5. The number of aryl methyl sites for hydroxylation is 1. The number of carbonyl (C=O) groups is 3. The van der Waals surface area contributed by atoms with Gasteiger partial charge in [-0.2, -0.15) is 5.10 Å². The van der Waals surface area contributed by atoms with Crippen LogP contribution in [0, 0.1) is 13.8 Å². The van der Waals surface area contributed by atoms with Crippen molar-refractivity contribution in [3.63, 3.8) is 0 Å². The number of hydrogen-bond donors (Lipinski definition) is 3. The highest BCUT2D eigenvalue weighted by Crippen LogP contribution is 2.20. The Balaban J connectivity index is 1.71. The monoisotopic (exact) mass is 418 g/mol. The molecule has 2 amide bonds. The largest absolute Gasteiger partial charge is 0.478 e. The Labute approximate surface area is 179 Å². The predicted molar refractivity (Wildman–Crippen MR) is 118 cm³/mol. The Hall–Kier alpha value is -4.20. The molecule has 0 spiro atoms. The van der Waals surface area contributed by atoms with Crippen molar-refractivity contribution in [1.82, 2.24) is 9.99 Å². The molecular weight excluding hydrogens is 396 g/mol. The molecule has 2 aromatic carbocycles. The van der Waals surface area contributed by atoms with Crippen LogP contribution in [-0.4, -0.2) is 33.7 Å². The summed E-state index contributed by atoms with van der Waals surface area (Å²) in [6.07, 6.45) is 1.56. The molecule has 0 aliphatic carbocycles. The second-order valence-corrected chi connectivity index (χ2v) is 6.97. The lowest BCUT2D eigenvalue weighted by Gasteiger charge is -2.09. The summed E-state index contributed by atoms with van der Waals surface area (Å²) in [5, 5.41) is 15.7. The summed E-state index contributed by atoms with van der Waals surface area (Å²) in [6.45, 7) is 5.27. The Morgan fingerprint density at radius 2 is 1.58 bits per heavy atom. The van der Waals surface area contributed by atoms with Crippen LogP contribution in [0.25, 0.3) is 5.69 Å². The topological polar surface area (TPSA) is 113 Å². The van der Waals surface area contributed by atoms with Crippen LogP contribution in [0.1, 0.15) is 44.6 Å². The number of hydrazone groups is 1. The van der Waals surface area contributed by atoms with Crippen LogP contribution in [0.3, 0.4) is 0 Å². The van der Waals surface area contributed by atoms with Crippen molar-refractivity contribution in [3.05, 3.63) is 82.7 Å². The van der Waals surface area contributed by atoms with Gasteiger partial charge in [0.2, 0.25) is 5.91 Å². The van der Waals surface area contributed by atoms with Crippen LogP contribution in [0.2, 0.25) is 0 Å². The summed E-state index contributed by atoms with van der Waals surface area (Å²) in [7, 11) is 0. The fraction of sp³-hybridized carbons (Fsp3) is 0.130. The van der Waals surface area contributed by atoms with Crippen molar-refractivity contribution in [1.29, 1.82) is 0 Å². The van der Waals surface area contributed by atoms with E-state index in [1.54, 1.807) is 54.7 Å². The highest BCUT2D eigenvalue weighted by atomic mass is 16.4. The molecule has 0 saturated carbocycles. The van der Waals surface area contributed by atoms with E-state index >= 15 is 0 Å². The number of aromatic carboxylic acids is 1. The molecule has 8 nitrogen and oxygen atoms in total. The van der Waals surface area contributed by atoms with Crippen LogP contribution in [0.5, 0.6) is 0 Å². The minimum atomic E-state index is -0.971. The second-order valence-electron chi connectivity index (χ2n) is 6.97. The van der Waals surface area contributed by atoms with Gasteiger partial charge in [-0.1, -0.05) is 0 Å². The number of hydrogen-bond acceptors (Lipinski definition) is 4. The van der Waals surface area contributed by atoms with Gasteiger partial charge in [0.05, 0.1) is 11.8 Å². The van der Waals surface area contributed by atoms with Crippen LogP contribution in [0.4, 0.5) is 5.69 Å². The van der Waals surface area contributed by atoms with E-state index in [1.165, 1.54) is 6.92 Å². The Morgan fingerprint density at radius 1 is 0.968 bits per heavy atom. The normalized spacial score (nSPS) is 10.8. The van der Waals surface area contributed by atoms with Crippen molar-refractivity contribution < 1.29 is 19.5 Å². The minimum absolute atomic E-state index is 0.183. The van der Waals surface area contributed by atoms with Crippen molar-refractivity contribution in [2.24, 2.45) is 5.10 Å². The third kappa shape index (κ3) is 5.05. The number of nitrogens with one attached hydrogen (secondary N) is 2. The van der Waals surface area contributed by atoms with E-state index in [9.17, 15) is 14.4 Å². The van der Waals surface area contributed by atoms with Gasteiger partial charge in [-0.05, 0) is 68.4 Å². The summed E-state index contributed by atoms with van der Waals surface area (Å²) in [5.74, 6) is -1.53. The van der Waals surface area contributed by atoms with E-state index < -0.39 is 5.97 Å². The number of nitrogens with zero attached hydrogens (tertiary/aromatic N) is 2. The molecule has 0 aliphatic rings. The number of carboxylic acid groups (broad SMARTS) is 1. The standard InChI is InChI=1S/C23H22N4O4/c1-14-12-19(15(2)27(14)21-10-6-18(7-11-21)23(30)31)13-24-26-22(29)17-4-8-20(9-5-17)25-16(3)28/h4-13H,1-3H3,(H,25,28)(H,26,29)(H,30,31)/b24-13+. The van der Waals surface area contributed by atoms with Crippen molar-refractivity contribution in [2.45, 2.75) is 20.8 Å². The Morgan fingerprint density at radius 3 is 2.16 bits per heavy atom. The zero-order valence-electron chi connectivity index (χ0n) is 17.3. The molecule has 0 fully saturated rings. The van der Waals surface area contributed by atoms with E-state index in [2.05, 4.69) is 15.8 Å². The van der Waals surface area contributed by atoms with E-state index in [0.29, 0.717) is 11.3 Å². The molecule has 0 radical (unpaired) electrons. The molecule has 1 heterocycles. The molecule has 3 rings (SSSR count). The molecule has 8 heteroatoms. The zero-order valence-corrected chi connectivity index (χ0v) is 17.3. The quantitative estimate of drug-likeness (QED) is 0.420. The maximum absolute atomic E-state index is 12.3. The lowest BCUT2D eigenvalue weighted by Crippen LogP contribution is -2.17. The molecule has 31 heavy (non-hydrogen) atoms. The number of rotatable bonds is 6. The highest BCUT2D eigenvalue weighted by molar-refractivity contribution is 5.96. The second kappa shape index (κ2) is 9.08. The summed E-state index contributed by atoms with van der Waals surface area (Å²) in [5.41, 5.74) is 7.24. The molecule has 158 valence electrons. The molecule has 0 aliphatic heterocycles. The van der Waals surface area contributed by atoms with E-state index in [1.807, 2.05) is 24.5 Å². The lowest BCUT2D eigenvalue weighted by atomic mass is 10.2. The average Bonchev–Trinajstić information content (AvgIpc) is 3.01. The summed E-state index contributed by atoms with van der Waals surface area (Å²) < 4.78 is 1.98. The summed E-state index contributed by atoms with van der Waals surface area (Å²) in [6, 6.07) is 15.0. The van der Waals surface area contributed by atoms with Crippen molar-refractivity contribution in [2.75, 3.05) is 5.32 Å². The summed E-state index contributed by atoms with van der Waals surface area (Å²) in [4.78, 5) is 34.4. The van der Waals surface area contributed by atoms with Gasteiger partial charge in [-0.3, -0.25) is 9.59 Å². The number of carboxylic acids is 1. The smallest absolute Gasteiger partial charge is 0.335 e. The minimum Gasteiger partial charge on any atom is -0.478 e. The number of benzene rings is 2. The van der Waals surface area contributed by atoms with Gasteiger partial charge in [-0.15, -0.1) is 0 Å². The first-order valence-corrected chi connectivity index (χ1v) is 9.50. The highest BCUT2D eigenvalue weighted by Gasteiger charge is 2.11. The zero-order chi connectivity index (χ0) is 22.5. The van der Waals surface area contributed by atoms with Gasteiger partial charge in [-0.25, -0.2) is 10.2 Å². The van der Waals surface area contributed by atoms with Gasteiger partial charge < -0.3 is 15.0 Å². The SMILES string of the molecule is CC(=O)Nc1ccc(C(=O)N/N=C/c2cc(C)n(-c3ccc(C(=O)O)cc3)c2C)cc1. The fourth-order valence-corrected chi connectivity index (χ4v) is 3.20. The number of aromatic nitrogens is 1. The van der Waals surface area contributed by atoms with Gasteiger partial charge in [0.1, 0.15) is 0 Å². The Kier molecular flexibility index (Phi) is 6.30. The van der Waals surface area contributed by atoms with Crippen LogP contribution in [0.15, 0.2) is 59.7 Å². The van der Waals surface area contributed by atoms with Gasteiger partial charge in [0, 0.05) is 40.8 Å². The maximum atomic E-state index is 12.3. The molecule has 0 saturated heterocycles. The number of anilines is 1. The first-order chi connectivity index (χ1) is 14.8. The van der Waals surface area contributed by atoms with Gasteiger partial charge >= 0.3 is 5.97 Å². The van der Waals surface area contributed by atoms with Crippen molar-refractivity contribution in [3.8, 4) is 5.69 Å². The molecular formula is C23H22N4O4. The Bertz CT molecular complexity index is 1160. The van der Waals surface area contributed by atoms with Crippen LogP contribution >= 0.6 is 0 Å². The third-order valence-corrected chi connectivity index (χ3v) is 4.68. The van der Waals surface area contributed by atoms with Crippen LogP contribution in [-0.2, 0) is 4.79 Å². The van der Waals surface area contributed by atoms with Gasteiger partial charge in [0.15, 0.2) is 0 Å². The predicted octanol–water partition coefficient (Wildman–Crippen LogP) is 3.51. The maximum Gasteiger partial charge on any atom is 0.335 e. The van der Waals surface area contributed by atoms with Gasteiger partial charge in [0.25, 0.3) is 5.91 Å². The van der Waals surface area contributed by atoms with E-state index in [-0.39, 0.29) is 17.4 Å². The summed E-state index contributed by atoms with van der Waals surface area (Å²) >= 11 is 0. The molecule has 0 atom stereocenters. The molecule has 3 aromatic rings.